The molecular formula is C20H22FN3O3. The highest BCUT2D eigenvalue weighted by molar-refractivity contribution is 5.61. The fraction of sp³-hybridized carbons (Fsp3) is 0.300. The van der Waals surface area contributed by atoms with Gasteiger partial charge in [0.1, 0.15) is 11.9 Å². The Morgan fingerprint density at radius 1 is 1.04 bits per heavy atom. The fourth-order valence-corrected chi connectivity index (χ4v) is 2.69. The highest BCUT2D eigenvalue weighted by Gasteiger charge is 2.18. The third kappa shape index (κ3) is 3.86. The lowest BCUT2D eigenvalue weighted by molar-refractivity contribution is 0.354. The van der Waals surface area contributed by atoms with Gasteiger partial charge in [0.15, 0.2) is 11.5 Å². The maximum absolute atomic E-state index is 13.8. The largest absolute Gasteiger partial charge is 0.493 e. The van der Waals surface area contributed by atoms with Gasteiger partial charge in [0.05, 0.1) is 14.2 Å². The molecule has 1 aromatic heterocycles. The Bertz CT molecular complexity index is 956. The molecule has 0 unspecified atom stereocenters. The van der Waals surface area contributed by atoms with Gasteiger partial charge in [0.25, 0.3) is 0 Å². The van der Waals surface area contributed by atoms with Crippen molar-refractivity contribution < 1.29 is 18.4 Å². The van der Waals surface area contributed by atoms with E-state index in [1.54, 1.807) is 33.3 Å². The van der Waals surface area contributed by atoms with Crippen LogP contribution in [-0.4, -0.2) is 24.4 Å². The SMILES string of the molecule is COc1cc(C)c(N[C@@H](C)c2nc(-c3ccc(C)c(F)c3)no2)cc1OC. The van der Waals surface area contributed by atoms with Gasteiger partial charge in [-0.05, 0) is 44.0 Å². The number of aryl methyl sites for hydroxylation is 2. The second kappa shape index (κ2) is 7.65. The molecule has 0 saturated heterocycles. The van der Waals surface area contributed by atoms with Crippen molar-refractivity contribution in [3.63, 3.8) is 0 Å². The molecule has 142 valence electrons. The minimum Gasteiger partial charge on any atom is -0.493 e. The Kier molecular flexibility index (Phi) is 5.30. The van der Waals surface area contributed by atoms with Crippen molar-refractivity contribution in [2.45, 2.75) is 26.8 Å². The quantitative estimate of drug-likeness (QED) is 0.678. The van der Waals surface area contributed by atoms with Crippen LogP contribution in [0.1, 0.15) is 30.0 Å². The van der Waals surface area contributed by atoms with Crippen molar-refractivity contribution in [3.8, 4) is 22.9 Å². The molecule has 0 aliphatic rings. The number of rotatable bonds is 6. The van der Waals surface area contributed by atoms with Crippen LogP contribution in [0.25, 0.3) is 11.4 Å². The van der Waals surface area contributed by atoms with Crippen molar-refractivity contribution in [2.75, 3.05) is 19.5 Å². The zero-order valence-electron chi connectivity index (χ0n) is 16.0. The number of methoxy groups -OCH3 is 2. The van der Waals surface area contributed by atoms with Crippen molar-refractivity contribution in [2.24, 2.45) is 0 Å². The highest BCUT2D eigenvalue weighted by Crippen LogP contribution is 2.34. The number of ether oxygens (including phenoxy) is 2. The van der Waals surface area contributed by atoms with E-state index in [-0.39, 0.29) is 11.9 Å². The molecule has 3 aromatic rings. The minimum atomic E-state index is -0.300. The van der Waals surface area contributed by atoms with Crippen LogP contribution in [0.3, 0.4) is 0 Å². The second-order valence-corrected chi connectivity index (χ2v) is 6.31. The molecule has 0 spiro atoms. The zero-order valence-corrected chi connectivity index (χ0v) is 16.0. The van der Waals surface area contributed by atoms with Gasteiger partial charge < -0.3 is 19.3 Å². The number of nitrogens with one attached hydrogen (secondary N) is 1. The first-order chi connectivity index (χ1) is 12.9. The van der Waals surface area contributed by atoms with E-state index in [4.69, 9.17) is 14.0 Å². The van der Waals surface area contributed by atoms with Crippen LogP contribution in [0, 0.1) is 19.7 Å². The molecule has 27 heavy (non-hydrogen) atoms. The topological polar surface area (TPSA) is 69.4 Å². The number of hydrogen-bond donors (Lipinski definition) is 1. The summed E-state index contributed by atoms with van der Waals surface area (Å²) < 4.78 is 29.8. The number of halogens is 1. The molecule has 0 aliphatic carbocycles. The highest BCUT2D eigenvalue weighted by atomic mass is 19.1. The van der Waals surface area contributed by atoms with Crippen LogP contribution < -0.4 is 14.8 Å². The number of nitrogens with zero attached hydrogens (tertiary/aromatic N) is 2. The van der Waals surface area contributed by atoms with Gasteiger partial charge in [-0.3, -0.25) is 0 Å². The Labute approximate surface area is 157 Å². The van der Waals surface area contributed by atoms with Crippen LogP contribution >= 0.6 is 0 Å². The van der Waals surface area contributed by atoms with E-state index in [0.29, 0.717) is 34.3 Å². The number of aromatic nitrogens is 2. The average Bonchev–Trinajstić information content (AvgIpc) is 3.15. The standard InChI is InChI=1S/C20H22FN3O3/c1-11-6-7-14(9-15(11)21)19-23-20(27-24-19)13(3)22-16-10-18(26-5)17(25-4)8-12(16)2/h6-10,13,22H,1-5H3/t13-/m0/s1. The van der Waals surface area contributed by atoms with E-state index in [0.717, 1.165) is 11.3 Å². The van der Waals surface area contributed by atoms with Gasteiger partial charge in [-0.1, -0.05) is 17.3 Å². The first-order valence-corrected chi connectivity index (χ1v) is 8.52. The number of anilines is 1. The summed E-state index contributed by atoms with van der Waals surface area (Å²) in [5, 5.41) is 7.30. The molecule has 6 nitrogen and oxygen atoms in total. The average molecular weight is 371 g/mol. The summed E-state index contributed by atoms with van der Waals surface area (Å²) >= 11 is 0. The monoisotopic (exact) mass is 371 g/mol. The van der Waals surface area contributed by atoms with Crippen molar-refractivity contribution in [3.05, 3.63) is 53.2 Å². The molecule has 0 saturated carbocycles. The van der Waals surface area contributed by atoms with Crippen LogP contribution in [0.5, 0.6) is 11.5 Å². The first kappa shape index (κ1) is 18.7. The summed E-state index contributed by atoms with van der Waals surface area (Å²) in [6, 6.07) is 8.36. The minimum absolute atomic E-state index is 0.252. The Balaban J connectivity index is 1.82. The molecule has 0 amide bonds. The van der Waals surface area contributed by atoms with Gasteiger partial charge >= 0.3 is 0 Å². The van der Waals surface area contributed by atoms with Gasteiger partial charge in [-0.15, -0.1) is 0 Å². The molecule has 0 bridgehead atoms. The summed E-state index contributed by atoms with van der Waals surface area (Å²) in [7, 11) is 3.19. The third-order valence-corrected chi connectivity index (χ3v) is 4.34. The molecule has 3 rings (SSSR count). The molecule has 1 heterocycles. The Morgan fingerprint density at radius 3 is 2.41 bits per heavy atom. The molecule has 7 heteroatoms. The van der Waals surface area contributed by atoms with E-state index in [2.05, 4.69) is 15.5 Å². The second-order valence-electron chi connectivity index (χ2n) is 6.31. The van der Waals surface area contributed by atoms with E-state index in [9.17, 15) is 4.39 Å². The normalized spacial score (nSPS) is 11.9. The zero-order chi connectivity index (χ0) is 19.6. The lowest BCUT2D eigenvalue weighted by Crippen LogP contribution is -2.08. The maximum Gasteiger partial charge on any atom is 0.249 e. The summed E-state index contributed by atoms with van der Waals surface area (Å²) in [4.78, 5) is 4.39. The lowest BCUT2D eigenvalue weighted by atomic mass is 10.1. The number of hydrogen-bond acceptors (Lipinski definition) is 6. The third-order valence-electron chi connectivity index (χ3n) is 4.34. The van der Waals surface area contributed by atoms with Crippen LogP contribution in [0.2, 0.25) is 0 Å². The smallest absolute Gasteiger partial charge is 0.249 e. The van der Waals surface area contributed by atoms with E-state index in [1.165, 1.54) is 6.07 Å². The predicted octanol–water partition coefficient (Wildman–Crippen LogP) is 4.68. The predicted molar refractivity (Wildman–Crippen MR) is 101 cm³/mol. The maximum atomic E-state index is 13.8. The fourth-order valence-electron chi connectivity index (χ4n) is 2.69. The Morgan fingerprint density at radius 2 is 1.74 bits per heavy atom. The number of benzene rings is 2. The molecule has 0 radical (unpaired) electrons. The molecular weight excluding hydrogens is 349 g/mol. The first-order valence-electron chi connectivity index (χ1n) is 8.52. The summed E-state index contributed by atoms with van der Waals surface area (Å²) in [5.74, 6) is 1.74. The van der Waals surface area contributed by atoms with Gasteiger partial charge in [0.2, 0.25) is 11.7 Å². The molecule has 0 fully saturated rings. The molecule has 2 aromatic carbocycles. The van der Waals surface area contributed by atoms with Crippen LogP contribution in [0.15, 0.2) is 34.9 Å². The summed E-state index contributed by atoms with van der Waals surface area (Å²) in [5.41, 5.74) is 2.99. The van der Waals surface area contributed by atoms with Crippen LogP contribution in [-0.2, 0) is 0 Å². The van der Waals surface area contributed by atoms with Gasteiger partial charge in [-0.2, -0.15) is 4.98 Å². The molecule has 1 N–H and O–H groups in total. The van der Waals surface area contributed by atoms with E-state index >= 15 is 0 Å². The van der Waals surface area contributed by atoms with Crippen molar-refractivity contribution in [1.29, 1.82) is 0 Å². The van der Waals surface area contributed by atoms with Gasteiger partial charge in [-0.25, -0.2) is 4.39 Å². The Hall–Kier alpha value is -3.09. The summed E-state index contributed by atoms with van der Waals surface area (Å²) in [6.07, 6.45) is 0. The van der Waals surface area contributed by atoms with Gasteiger partial charge in [0, 0.05) is 17.3 Å². The van der Waals surface area contributed by atoms with Crippen molar-refractivity contribution >= 4 is 5.69 Å². The molecule has 0 aliphatic heterocycles. The van der Waals surface area contributed by atoms with Crippen molar-refractivity contribution in [1.82, 2.24) is 10.1 Å². The van der Waals surface area contributed by atoms with Crippen LogP contribution in [0.4, 0.5) is 10.1 Å². The van der Waals surface area contributed by atoms with E-state index < -0.39 is 0 Å². The molecule has 1 atom stereocenters. The van der Waals surface area contributed by atoms with E-state index in [1.807, 2.05) is 26.0 Å². The summed E-state index contributed by atoms with van der Waals surface area (Å²) in [6.45, 7) is 5.58. The lowest BCUT2D eigenvalue weighted by Gasteiger charge is -2.16.